The van der Waals surface area contributed by atoms with Crippen molar-refractivity contribution in [3.63, 3.8) is 0 Å². The van der Waals surface area contributed by atoms with Gasteiger partial charge in [-0.2, -0.15) is 0 Å². The fourth-order valence-corrected chi connectivity index (χ4v) is 2.49. The van der Waals surface area contributed by atoms with Crippen molar-refractivity contribution in [2.24, 2.45) is 0 Å². The van der Waals surface area contributed by atoms with Crippen molar-refractivity contribution < 1.29 is 14.5 Å². The first-order chi connectivity index (χ1) is 11.5. The standard InChI is InChI=1S/C17H17Cl2N3O2/c1-22(10-12-7-8-14(18)15(19)9-12)11-16(23)20-21-17(24)13-5-3-2-4-6-13/h2-9H,10-11H2,1H3,(H,20,23)(H,21,24)/p+1. The van der Waals surface area contributed by atoms with E-state index in [1.807, 2.05) is 19.2 Å². The van der Waals surface area contributed by atoms with E-state index in [4.69, 9.17) is 23.2 Å². The summed E-state index contributed by atoms with van der Waals surface area (Å²) >= 11 is 11.9. The molecule has 2 amide bonds. The molecular weight excluding hydrogens is 349 g/mol. The maximum Gasteiger partial charge on any atom is 0.293 e. The van der Waals surface area contributed by atoms with E-state index in [0.717, 1.165) is 10.5 Å². The third-order valence-corrected chi connectivity index (χ3v) is 4.04. The summed E-state index contributed by atoms with van der Waals surface area (Å²) in [5.41, 5.74) is 6.26. The van der Waals surface area contributed by atoms with Crippen molar-refractivity contribution in [1.29, 1.82) is 0 Å². The summed E-state index contributed by atoms with van der Waals surface area (Å²) < 4.78 is 0. The minimum atomic E-state index is -0.355. The Morgan fingerprint density at radius 2 is 1.71 bits per heavy atom. The number of hydrogen-bond donors (Lipinski definition) is 3. The molecular formula is C17H18Cl2N3O2+. The number of likely N-dealkylation sites (N-methyl/N-ethyl adjacent to an activating group) is 1. The first-order valence-electron chi connectivity index (χ1n) is 7.35. The lowest BCUT2D eigenvalue weighted by Gasteiger charge is -2.14. The molecule has 2 aromatic rings. The summed E-state index contributed by atoms with van der Waals surface area (Å²) in [4.78, 5) is 24.7. The molecule has 0 radical (unpaired) electrons. The molecule has 2 aromatic carbocycles. The van der Waals surface area contributed by atoms with Gasteiger partial charge in [0.25, 0.3) is 11.8 Å². The number of halogens is 2. The summed E-state index contributed by atoms with van der Waals surface area (Å²) in [6.07, 6.45) is 0. The fourth-order valence-electron chi connectivity index (χ4n) is 2.17. The lowest BCUT2D eigenvalue weighted by Crippen LogP contribution is -3.09. The second-order valence-electron chi connectivity index (χ2n) is 5.43. The highest BCUT2D eigenvalue weighted by Crippen LogP contribution is 2.22. The van der Waals surface area contributed by atoms with E-state index < -0.39 is 0 Å². The van der Waals surface area contributed by atoms with Crippen LogP contribution in [-0.2, 0) is 11.3 Å². The maximum absolute atomic E-state index is 11.9. The Kier molecular flexibility index (Phi) is 6.61. The Morgan fingerprint density at radius 3 is 2.38 bits per heavy atom. The number of rotatable bonds is 5. The number of amides is 2. The summed E-state index contributed by atoms with van der Waals surface area (Å²) in [6, 6.07) is 14.0. The Hall–Kier alpha value is -2.08. The maximum atomic E-state index is 11.9. The molecule has 0 saturated heterocycles. The molecule has 0 bridgehead atoms. The quantitative estimate of drug-likeness (QED) is 0.701. The van der Waals surface area contributed by atoms with E-state index in [2.05, 4.69) is 10.9 Å². The smallest absolute Gasteiger partial charge is 0.293 e. The highest BCUT2D eigenvalue weighted by Gasteiger charge is 2.12. The van der Waals surface area contributed by atoms with Crippen LogP contribution in [0.2, 0.25) is 10.0 Å². The summed E-state index contributed by atoms with van der Waals surface area (Å²) in [5, 5.41) is 0.987. The first kappa shape index (κ1) is 18.3. The lowest BCUT2D eigenvalue weighted by molar-refractivity contribution is -0.885. The summed E-state index contributed by atoms with van der Waals surface area (Å²) in [6.45, 7) is 0.812. The van der Waals surface area contributed by atoms with Crippen LogP contribution in [0.3, 0.4) is 0 Å². The number of hydrazine groups is 1. The van der Waals surface area contributed by atoms with Gasteiger partial charge in [-0.3, -0.25) is 20.4 Å². The molecule has 0 saturated carbocycles. The number of quaternary nitrogens is 1. The zero-order valence-electron chi connectivity index (χ0n) is 13.1. The molecule has 0 aliphatic heterocycles. The van der Waals surface area contributed by atoms with Crippen LogP contribution < -0.4 is 15.8 Å². The van der Waals surface area contributed by atoms with Gasteiger partial charge in [0.15, 0.2) is 6.54 Å². The van der Waals surface area contributed by atoms with E-state index in [0.29, 0.717) is 22.2 Å². The van der Waals surface area contributed by atoms with Gasteiger partial charge in [-0.25, -0.2) is 0 Å². The van der Waals surface area contributed by atoms with Gasteiger partial charge in [0.05, 0.1) is 17.1 Å². The van der Waals surface area contributed by atoms with Gasteiger partial charge in [-0.15, -0.1) is 0 Å². The lowest BCUT2D eigenvalue weighted by atomic mass is 10.2. The number of carbonyl (C=O) groups excluding carboxylic acids is 2. The molecule has 3 N–H and O–H groups in total. The number of hydrogen-bond acceptors (Lipinski definition) is 2. The van der Waals surface area contributed by atoms with Crippen molar-refractivity contribution in [2.75, 3.05) is 13.6 Å². The summed E-state index contributed by atoms with van der Waals surface area (Å²) in [5.74, 6) is -0.636. The molecule has 0 aliphatic carbocycles. The highest BCUT2D eigenvalue weighted by atomic mass is 35.5. The molecule has 24 heavy (non-hydrogen) atoms. The topological polar surface area (TPSA) is 62.6 Å². The van der Waals surface area contributed by atoms with Gasteiger partial charge < -0.3 is 4.90 Å². The number of carbonyl (C=O) groups is 2. The fraction of sp³-hybridized carbons (Fsp3) is 0.176. The Bertz CT molecular complexity index is 723. The molecule has 0 aromatic heterocycles. The van der Waals surface area contributed by atoms with E-state index in [9.17, 15) is 9.59 Å². The number of nitrogens with one attached hydrogen (secondary N) is 3. The van der Waals surface area contributed by atoms with Crippen molar-refractivity contribution in [3.8, 4) is 0 Å². The van der Waals surface area contributed by atoms with Crippen LogP contribution in [0.15, 0.2) is 48.5 Å². The van der Waals surface area contributed by atoms with Gasteiger partial charge in [-0.05, 0) is 24.3 Å². The second-order valence-corrected chi connectivity index (χ2v) is 6.24. The summed E-state index contributed by atoms with van der Waals surface area (Å²) in [7, 11) is 1.88. The molecule has 0 fully saturated rings. The SMILES string of the molecule is C[NH+](CC(=O)NNC(=O)c1ccccc1)Cc1ccc(Cl)c(Cl)c1. The molecule has 1 atom stereocenters. The highest BCUT2D eigenvalue weighted by molar-refractivity contribution is 6.42. The molecule has 126 valence electrons. The van der Waals surface area contributed by atoms with Crippen molar-refractivity contribution >= 4 is 35.0 Å². The zero-order chi connectivity index (χ0) is 17.5. The van der Waals surface area contributed by atoms with Crippen molar-refractivity contribution in [1.82, 2.24) is 10.9 Å². The van der Waals surface area contributed by atoms with E-state index in [1.54, 1.807) is 36.4 Å². The minimum absolute atomic E-state index is 0.204. The Morgan fingerprint density at radius 1 is 1.00 bits per heavy atom. The molecule has 0 spiro atoms. The van der Waals surface area contributed by atoms with Crippen LogP contribution in [-0.4, -0.2) is 25.4 Å². The van der Waals surface area contributed by atoms with Gasteiger partial charge in [-0.1, -0.05) is 47.5 Å². The largest absolute Gasteiger partial charge is 0.326 e. The van der Waals surface area contributed by atoms with Crippen LogP contribution in [0.25, 0.3) is 0 Å². The first-order valence-corrected chi connectivity index (χ1v) is 8.11. The van der Waals surface area contributed by atoms with Gasteiger partial charge in [0, 0.05) is 11.1 Å². The van der Waals surface area contributed by atoms with Crippen LogP contribution in [0.4, 0.5) is 0 Å². The second kappa shape index (κ2) is 8.68. The van der Waals surface area contributed by atoms with Crippen LogP contribution in [0, 0.1) is 0 Å². The van der Waals surface area contributed by atoms with Gasteiger partial charge in [0.2, 0.25) is 0 Å². The zero-order valence-corrected chi connectivity index (χ0v) is 14.6. The molecule has 1 unspecified atom stereocenters. The van der Waals surface area contributed by atoms with Crippen LogP contribution in [0.5, 0.6) is 0 Å². The average molecular weight is 367 g/mol. The Labute approximate surface area is 150 Å². The Balaban J connectivity index is 1.79. The third-order valence-electron chi connectivity index (χ3n) is 3.30. The van der Waals surface area contributed by atoms with Crippen LogP contribution >= 0.6 is 23.2 Å². The van der Waals surface area contributed by atoms with Crippen molar-refractivity contribution in [2.45, 2.75) is 6.54 Å². The average Bonchev–Trinajstić information content (AvgIpc) is 2.56. The van der Waals surface area contributed by atoms with Gasteiger partial charge >= 0.3 is 0 Å². The van der Waals surface area contributed by atoms with Gasteiger partial charge in [0.1, 0.15) is 6.54 Å². The number of benzene rings is 2. The normalized spacial score (nSPS) is 11.6. The molecule has 0 aliphatic rings. The van der Waals surface area contributed by atoms with Crippen LogP contribution in [0.1, 0.15) is 15.9 Å². The predicted molar refractivity (Wildman–Crippen MR) is 94.0 cm³/mol. The monoisotopic (exact) mass is 366 g/mol. The predicted octanol–water partition coefficient (Wildman–Crippen LogP) is 1.47. The third kappa shape index (κ3) is 5.53. The van der Waals surface area contributed by atoms with E-state index in [1.165, 1.54) is 0 Å². The molecule has 2 rings (SSSR count). The molecule has 5 nitrogen and oxygen atoms in total. The minimum Gasteiger partial charge on any atom is -0.326 e. The van der Waals surface area contributed by atoms with Crippen molar-refractivity contribution in [3.05, 3.63) is 69.7 Å². The van der Waals surface area contributed by atoms with E-state index >= 15 is 0 Å². The van der Waals surface area contributed by atoms with E-state index in [-0.39, 0.29) is 18.4 Å². The molecule has 0 heterocycles. The molecule has 7 heteroatoms.